The zero-order chi connectivity index (χ0) is 22.0. The Morgan fingerprint density at radius 2 is 1.79 bits per heavy atom. The van der Waals surface area contributed by atoms with Crippen LogP contribution in [-0.4, -0.2) is 43.1 Å². The molecule has 2 N–H and O–H groups in total. The number of nitrogens with zero attached hydrogens (tertiary/aromatic N) is 4. The molecule has 0 aliphatic carbocycles. The van der Waals surface area contributed by atoms with Crippen molar-refractivity contribution in [2.75, 3.05) is 13.1 Å². The van der Waals surface area contributed by atoms with E-state index >= 15 is 0 Å². The second-order valence-electron chi connectivity index (χ2n) is 8.75. The number of fused-ring (bicyclic) bond motifs is 1. The molecular formula is C27H26N6. The predicted octanol–water partition coefficient (Wildman–Crippen LogP) is 5.67. The van der Waals surface area contributed by atoms with E-state index < -0.39 is 0 Å². The van der Waals surface area contributed by atoms with Crippen molar-refractivity contribution in [2.45, 2.75) is 25.8 Å². The first-order valence-corrected chi connectivity index (χ1v) is 11.6. The van der Waals surface area contributed by atoms with Crippen molar-refractivity contribution >= 4 is 10.9 Å². The summed E-state index contributed by atoms with van der Waals surface area (Å²) in [6.45, 7) is 3.31. The lowest BCUT2D eigenvalue weighted by Gasteiger charge is -2.26. The average Bonchev–Trinajstić information content (AvgIpc) is 3.53. The Labute approximate surface area is 192 Å². The minimum atomic E-state index is 0.904. The lowest BCUT2D eigenvalue weighted by Crippen LogP contribution is -2.29. The summed E-state index contributed by atoms with van der Waals surface area (Å²) >= 11 is 0. The number of rotatable bonds is 5. The topological polar surface area (TPSA) is 73.5 Å². The Hall–Kier alpha value is -3.77. The van der Waals surface area contributed by atoms with Gasteiger partial charge in [-0.1, -0.05) is 24.6 Å². The van der Waals surface area contributed by atoms with Gasteiger partial charge in [-0.15, -0.1) is 0 Å². The molecule has 1 saturated heterocycles. The first kappa shape index (κ1) is 19.9. The van der Waals surface area contributed by atoms with Gasteiger partial charge in [0.15, 0.2) is 0 Å². The molecule has 1 aromatic carbocycles. The molecular weight excluding hydrogens is 408 g/mol. The molecule has 0 atom stereocenters. The quantitative estimate of drug-likeness (QED) is 0.374. The van der Waals surface area contributed by atoms with Crippen LogP contribution in [-0.2, 0) is 6.54 Å². The lowest BCUT2D eigenvalue weighted by atomic mass is 10.1. The molecule has 1 aliphatic heterocycles. The second kappa shape index (κ2) is 8.64. The number of likely N-dealkylation sites (tertiary alicyclic amines) is 1. The monoisotopic (exact) mass is 434 g/mol. The van der Waals surface area contributed by atoms with Gasteiger partial charge in [-0.2, -0.15) is 5.10 Å². The van der Waals surface area contributed by atoms with Crippen LogP contribution < -0.4 is 0 Å². The molecule has 0 spiro atoms. The summed E-state index contributed by atoms with van der Waals surface area (Å²) in [7, 11) is 0. The minimum Gasteiger partial charge on any atom is -0.353 e. The Morgan fingerprint density at radius 3 is 2.67 bits per heavy atom. The Morgan fingerprint density at radius 1 is 0.848 bits per heavy atom. The van der Waals surface area contributed by atoms with Gasteiger partial charge >= 0.3 is 0 Å². The van der Waals surface area contributed by atoms with Gasteiger partial charge in [0.25, 0.3) is 0 Å². The number of H-pyrrole nitrogens is 2. The van der Waals surface area contributed by atoms with Crippen LogP contribution in [0.15, 0.2) is 73.2 Å². The molecule has 6 nitrogen and oxygen atoms in total. The van der Waals surface area contributed by atoms with E-state index in [1.807, 2.05) is 36.8 Å². The number of hydrogen-bond acceptors (Lipinski definition) is 4. The van der Waals surface area contributed by atoms with Gasteiger partial charge in [0, 0.05) is 47.2 Å². The maximum absolute atomic E-state index is 4.59. The molecule has 33 heavy (non-hydrogen) atoms. The molecule has 1 aliphatic rings. The number of pyridine rings is 2. The Bertz CT molecular complexity index is 1380. The van der Waals surface area contributed by atoms with E-state index in [4.69, 9.17) is 0 Å². The largest absolute Gasteiger partial charge is 0.353 e. The van der Waals surface area contributed by atoms with E-state index in [0.717, 1.165) is 51.4 Å². The van der Waals surface area contributed by atoms with Gasteiger partial charge in [-0.25, -0.2) is 0 Å². The number of aromatic nitrogens is 5. The molecule has 164 valence electrons. The summed E-state index contributed by atoms with van der Waals surface area (Å²) in [5.41, 5.74) is 8.30. The van der Waals surface area contributed by atoms with E-state index in [0.29, 0.717) is 0 Å². The van der Waals surface area contributed by atoms with E-state index in [9.17, 15) is 0 Å². The smallest absolute Gasteiger partial charge is 0.0943 e. The van der Waals surface area contributed by atoms with Crippen molar-refractivity contribution in [3.05, 3.63) is 78.8 Å². The van der Waals surface area contributed by atoms with Crippen LogP contribution in [0, 0.1) is 0 Å². The van der Waals surface area contributed by atoms with Crippen molar-refractivity contribution in [3.8, 4) is 33.9 Å². The molecule has 5 heterocycles. The van der Waals surface area contributed by atoms with Gasteiger partial charge in [0.05, 0.1) is 22.8 Å². The summed E-state index contributed by atoms with van der Waals surface area (Å²) < 4.78 is 0. The fraction of sp³-hybridized carbons (Fsp3) is 0.222. The number of aromatic amines is 2. The van der Waals surface area contributed by atoms with E-state index in [1.54, 1.807) is 0 Å². The highest BCUT2D eigenvalue weighted by molar-refractivity contribution is 5.97. The maximum atomic E-state index is 4.59. The molecule has 0 radical (unpaired) electrons. The van der Waals surface area contributed by atoms with Crippen LogP contribution in [0.4, 0.5) is 0 Å². The van der Waals surface area contributed by atoms with Gasteiger partial charge in [0.2, 0.25) is 0 Å². The van der Waals surface area contributed by atoms with E-state index in [2.05, 4.69) is 66.4 Å². The number of piperidine rings is 1. The third-order valence-corrected chi connectivity index (χ3v) is 6.42. The SMILES string of the molecule is c1ccc(-c2cccc3[nH]c(-c4cc(-c5cncc(CN6CCCCC6)c5)n[nH]4)cc23)nc1. The highest BCUT2D eigenvalue weighted by Crippen LogP contribution is 2.32. The fourth-order valence-corrected chi connectivity index (χ4v) is 4.74. The van der Waals surface area contributed by atoms with Crippen LogP contribution in [0.2, 0.25) is 0 Å². The summed E-state index contributed by atoms with van der Waals surface area (Å²) in [6.07, 6.45) is 9.63. The van der Waals surface area contributed by atoms with Gasteiger partial charge in [0.1, 0.15) is 0 Å². The lowest BCUT2D eigenvalue weighted by molar-refractivity contribution is 0.220. The third-order valence-electron chi connectivity index (χ3n) is 6.42. The van der Waals surface area contributed by atoms with Gasteiger partial charge in [-0.3, -0.25) is 20.0 Å². The zero-order valence-corrected chi connectivity index (χ0v) is 18.5. The number of nitrogens with one attached hydrogen (secondary N) is 2. The van der Waals surface area contributed by atoms with Crippen LogP contribution in [0.25, 0.3) is 44.8 Å². The molecule has 6 heteroatoms. The average molecular weight is 435 g/mol. The van der Waals surface area contributed by atoms with Crippen LogP contribution >= 0.6 is 0 Å². The molecule has 5 aromatic rings. The minimum absolute atomic E-state index is 0.904. The number of benzene rings is 1. The normalized spacial score (nSPS) is 14.7. The van der Waals surface area contributed by atoms with Gasteiger partial charge < -0.3 is 4.98 Å². The van der Waals surface area contributed by atoms with Crippen molar-refractivity contribution in [1.82, 2.24) is 30.0 Å². The molecule has 0 saturated carbocycles. The maximum Gasteiger partial charge on any atom is 0.0943 e. The Balaban J connectivity index is 1.29. The van der Waals surface area contributed by atoms with Crippen LogP contribution in [0.5, 0.6) is 0 Å². The first-order chi connectivity index (χ1) is 16.3. The molecule has 4 aromatic heterocycles. The summed E-state index contributed by atoms with van der Waals surface area (Å²) in [5, 5.41) is 8.94. The summed E-state index contributed by atoms with van der Waals surface area (Å²) in [6, 6.07) is 18.7. The van der Waals surface area contributed by atoms with E-state index in [1.165, 1.54) is 37.9 Å². The molecule has 6 rings (SSSR count). The molecule has 1 fully saturated rings. The van der Waals surface area contributed by atoms with Crippen molar-refractivity contribution in [2.24, 2.45) is 0 Å². The standard InChI is InChI=1S/C27H26N6/c1-4-11-33(12-5-1)18-19-13-20(17-28-16-19)25-15-27(32-31-25)26-14-22-21(7-6-9-24(22)30-26)23-8-2-3-10-29-23/h2-3,6-10,13-17,30H,1,4-5,11-12,18H2,(H,31,32). The van der Waals surface area contributed by atoms with Crippen LogP contribution in [0.1, 0.15) is 24.8 Å². The summed E-state index contributed by atoms with van der Waals surface area (Å²) in [4.78, 5) is 15.1. The molecule has 0 amide bonds. The second-order valence-corrected chi connectivity index (χ2v) is 8.75. The highest BCUT2D eigenvalue weighted by Gasteiger charge is 2.14. The predicted molar refractivity (Wildman–Crippen MR) is 131 cm³/mol. The van der Waals surface area contributed by atoms with Crippen molar-refractivity contribution in [1.29, 1.82) is 0 Å². The van der Waals surface area contributed by atoms with Crippen LogP contribution in [0.3, 0.4) is 0 Å². The highest BCUT2D eigenvalue weighted by atomic mass is 15.1. The Kier molecular flexibility index (Phi) is 5.20. The fourth-order valence-electron chi connectivity index (χ4n) is 4.74. The van der Waals surface area contributed by atoms with E-state index in [-0.39, 0.29) is 0 Å². The van der Waals surface area contributed by atoms with Crippen molar-refractivity contribution < 1.29 is 0 Å². The molecule has 0 bridgehead atoms. The van der Waals surface area contributed by atoms with Gasteiger partial charge in [-0.05, 0) is 67.9 Å². The first-order valence-electron chi connectivity index (χ1n) is 11.6. The third kappa shape index (κ3) is 4.05. The summed E-state index contributed by atoms with van der Waals surface area (Å²) in [5.74, 6) is 0. The number of hydrogen-bond donors (Lipinski definition) is 2. The zero-order valence-electron chi connectivity index (χ0n) is 18.5. The van der Waals surface area contributed by atoms with Crippen molar-refractivity contribution in [3.63, 3.8) is 0 Å². The molecule has 0 unspecified atom stereocenters.